The molecule has 2 aromatic carbocycles. The molecule has 0 spiro atoms. The Morgan fingerprint density at radius 1 is 1.03 bits per heavy atom. The first-order valence-corrected chi connectivity index (χ1v) is 11.1. The van der Waals surface area contributed by atoms with Gasteiger partial charge in [0.15, 0.2) is 6.61 Å². The summed E-state index contributed by atoms with van der Waals surface area (Å²) in [7, 11) is -1.16. The highest BCUT2D eigenvalue weighted by Gasteiger charge is 2.19. The van der Waals surface area contributed by atoms with E-state index in [0.717, 1.165) is 5.69 Å². The first-order valence-electron chi connectivity index (χ1n) is 9.55. The Morgan fingerprint density at radius 2 is 1.66 bits per heavy atom. The molecule has 0 saturated heterocycles. The van der Waals surface area contributed by atoms with Crippen molar-refractivity contribution in [3.8, 4) is 11.4 Å². The first kappa shape index (κ1) is 23.3. The zero-order valence-electron chi connectivity index (χ0n) is 17.6. The maximum absolute atomic E-state index is 12.7. The number of Topliss-reactive ketones (excluding diaryl/α,β-unsaturated/α-hetero) is 1. The summed E-state index contributed by atoms with van der Waals surface area (Å²) in [4.78, 5) is 25.5. The van der Waals surface area contributed by atoms with Crippen LogP contribution < -0.4 is 4.74 Å². The van der Waals surface area contributed by atoms with E-state index in [1.165, 1.54) is 30.5 Å². The molecule has 0 aliphatic carbocycles. The molecule has 0 fully saturated rings. The summed E-state index contributed by atoms with van der Waals surface area (Å²) in [5.74, 6) is -0.996. The number of esters is 1. The third kappa shape index (κ3) is 5.28. The van der Waals surface area contributed by atoms with Crippen LogP contribution in [0.15, 0.2) is 59.5 Å². The Labute approximate surface area is 186 Å². The van der Waals surface area contributed by atoms with Gasteiger partial charge < -0.3 is 14.0 Å². The number of halogens is 2. The van der Waals surface area contributed by atoms with Crippen molar-refractivity contribution in [3.63, 3.8) is 0 Å². The number of aryl methyl sites for hydroxylation is 1. The quantitative estimate of drug-likeness (QED) is 0.366. The highest BCUT2D eigenvalue weighted by Crippen LogP contribution is 2.24. The Balaban J connectivity index is 1.71. The lowest BCUT2D eigenvalue weighted by Crippen LogP contribution is -2.15. The second-order valence-corrected chi connectivity index (χ2v) is 8.35. The molecule has 0 amide bonds. The van der Waals surface area contributed by atoms with Gasteiger partial charge in [-0.15, -0.1) is 0 Å². The summed E-state index contributed by atoms with van der Waals surface area (Å²) >= 11 is 0. The van der Waals surface area contributed by atoms with Gasteiger partial charge in [0, 0.05) is 44.6 Å². The van der Waals surface area contributed by atoms with E-state index in [1.807, 2.05) is 0 Å². The third-order valence-corrected chi connectivity index (χ3v) is 5.74. The smallest absolute Gasteiger partial charge is 0.387 e. The Hall–Kier alpha value is -3.33. The summed E-state index contributed by atoms with van der Waals surface area (Å²) in [6.45, 7) is 0.205. The zero-order chi connectivity index (χ0) is 23.4. The Kier molecular flexibility index (Phi) is 7.19. The predicted octanol–water partition coefficient (Wildman–Crippen LogP) is 4.47. The number of carbonyl (C=O) groups is 2. The lowest BCUT2D eigenvalue weighted by molar-refractivity contribution is -0.0498. The fraction of sp³-hybridized carbons (Fsp3) is 0.217. The molecule has 1 heterocycles. The summed E-state index contributed by atoms with van der Waals surface area (Å²) in [6, 6.07) is 13.9. The number of rotatable bonds is 8. The molecule has 0 aliphatic heterocycles. The monoisotopic (exact) mass is 461 g/mol. The lowest BCUT2D eigenvalue weighted by atomic mass is 10.1. The van der Waals surface area contributed by atoms with Crippen LogP contribution in [0.25, 0.3) is 5.69 Å². The number of nitrogens with zero attached hydrogens (tertiary/aromatic N) is 1. The standard InChI is InChI=1S/C23H21F2NO5S/c1-14-12-20(15(2)26(14)17-6-8-18(9-7-17)31-23(24)25)21(27)13-30-22(28)16-4-10-19(11-5-16)32(3)29/h4-12,23H,13H2,1-3H3/t32-/m1/s1. The summed E-state index contributed by atoms with van der Waals surface area (Å²) < 4.78 is 47.4. The molecule has 0 radical (unpaired) electrons. The Bertz CT molecular complexity index is 1150. The summed E-state index contributed by atoms with van der Waals surface area (Å²) in [5.41, 5.74) is 2.69. The minimum atomic E-state index is -2.91. The summed E-state index contributed by atoms with van der Waals surface area (Å²) in [5, 5.41) is 0. The van der Waals surface area contributed by atoms with E-state index >= 15 is 0 Å². The Morgan fingerprint density at radius 3 is 2.22 bits per heavy atom. The van der Waals surface area contributed by atoms with Gasteiger partial charge in [-0.1, -0.05) is 0 Å². The molecule has 0 unspecified atom stereocenters. The number of benzene rings is 2. The molecule has 9 heteroatoms. The molecule has 0 bridgehead atoms. The van der Waals surface area contributed by atoms with E-state index in [9.17, 15) is 22.6 Å². The van der Waals surface area contributed by atoms with Gasteiger partial charge in [-0.2, -0.15) is 8.78 Å². The fourth-order valence-corrected chi connectivity index (χ4v) is 3.81. The normalized spacial score (nSPS) is 11.9. The van der Waals surface area contributed by atoms with Crippen molar-refractivity contribution in [2.24, 2.45) is 0 Å². The second-order valence-electron chi connectivity index (χ2n) is 6.97. The van der Waals surface area contributed by atoms with Crippen molar-refractivity contribution >= 4 is 22.6 Å². The largest absolute Gasteiger partial charge is 0.454 e. The zero-order valence-corrected chi connectivity index (χ0v) is 18.4. The van der Waals surface area contributed by atoms with Gasteiger partial charge in [0.05, 0.1) is 5.56 Å². The van der Waals surface area contributed by atoms with Crippen molar-refractivity contribution in [1.29, 1.82) is 0 Å². The average molecular weight is 461 g/mol. The van der Waals surface area contributed by atoms with E-state index < -0.39 is 30.0 Å². The van der Waals surface area contributed by atoms with Crippen LogP contribution in [0.3, 0.4) is 0 Å². The molecular weight excluding hydrogens is 440 g/mol. The van der Waals surface area contributed by atoms with Crippen molar-refractivity contribution in [1.82, 2.24) is 4.57 Å². The van der Waals surface area contributed by atoms with Crippen LogP contribution in [0.1, 0.15) is 32.1 Å². The average Bonchev–Trinajstić information content (AvgIpc) is 3.06. The second kappa shape index (κ2) is 9.86. The fourth-order valence-electron chi connectivity index (χ4n) is 3.29. The predicted molar refractivity (Wildman–Crippen MR) is 115 cm³/mol. The van der Waals surface area contributed by atoms with Crippen LogP contribution >= 0.6 is 0 Å². The van der Waals surface area contributed by atoms with Gasteiger partial charge in [-0.25, -0.2) is 4.79 Å². The van der Waals surface area contributed by atoms with Crippen LogP contribution in [0.2, 0.25) is 0 Å². The topological polar surface area (TPSA) is 74.6 Å². The molecule has 1 aromatic heterocycles. The number of ether oxygens (including phenoxy) is 2. The van der Waals surface area contributed by atoms with E-state index in [2.05, 4.69) is 4.74 Å². The minimum absolute atomic E-state index is 0.0348. The number of alkyl halides is 2. The molecule has 0 aliphatic rings. The van der Waals surface area contributed by atoms with Gasteiger partial charge >= 0.3 is 12.6 Å². The van der Waals surface area contributed by atoms with Gasteiger partial charge in [-0.3, -0.25) is 9.00 Å². The molecular formula is C23H21F2NO5S. The van der Waals surface area contributed by atoms with Crippen LogP contribution in [-0.4, -0.2) is 40.0 Å². The van der Waals surface area contributed by atoms with Crippen LogP contribution in [-0.2, 0) is 15.5 Å². The first-order chi connectivity index (χ1) is 15.2. The van der Waals surface area contributed by atoms with Crippen LogP contribution in [0.4, 0.5) is 8.78 Å². The SMILES string of the molecule is Cc1cc(C(=O)COC(=O)c2ccc([S@@](C)=O)cc2)c(C)n1-c1ccc(OC(F)F)cc1. The molecule has 32 heavy (non-hydrogen) atoms. The van der Waals surface area contributed by atoms with E-state index in [1.54, 1.807) is 48.7 Å². The van der Waals surface area contributed by atoms with Crippen LogP contribution in [0.5, 0.6) is 5.75 Å². The number of carbonyl (C=O) groups excluding carboxylic acids is 2. The molecule has 6 nitrogen and oxygen atoms in total. The van der Waals surface area contributed by atoms with E-state index in [4.69, 9.17) is 4.74 Å². The maximum Gasteiger partial charge on any atom is 0.387 e. The molecule has 3 aromatic rings. The molecule has 3 rings (SSSR count). The molecule has 0 N–H and O–H groups in total. The molecule has 1 atom stereocenters. The third-order valence-electron chi connectivity index (χ3n) is 4.81. The highest BCUT2D eigenvalue weighted by atomic mass is 32.2. The molecule has 0 saturated carbocycles. The summed E-state index contributed by atoms with van der Waals surface area (Å²) in [6.07, 6.45) is 1.54. The van der Waals surface area contributed by atoms with Crippen molar-refractivity contribution < 1.29 is 32.1 Å². The van der Waals surface area contributed by atoms with Gasteiger partial charge in [-0.05, 0) is 68.4 Å². The number of aromatic nitrogens is 1. The van der Waals surface area contributed by atoms with Crippen molar-refractivity contribution in [2.45, 2.75) is 25.4 Å². The lowest BCUT2D eigenvalue weighted by Gasteiger charge is -2.11. The van der Waals surface area contributed by atoms with Crippen LogP contribution in [0, 0.1) is 13.8 Å². The maximum atomic E-state index is 12.7. The number of ketones is 1. The highest BCUT2D eigenvalue weighted by molar-refractivity contribution is 7.84. The van der Waals surface area contributed by atoms with Crippen molar-refractivity contribution in [2.75, 3.05) is 12.9 Å². The van der Waals surface area contributed by atoms with Crippen molar-refractivity contribution in [3.05, 3.63) is 77.1 Å². The van der Waals surface area contributed by atoms with E-state index in [-0.39, 0.29) is 17.1 Å². The molecule has 168 valence electrons. The van der Waals surface area contributed by atoms with Gasteiger partial charge in [0.2, 0.25) is 5.78 Å². The van der Waals surface area contributed by atoms with Gasteiger partial charge in [0.25, 0.3) is 0 Å². The number of hydrogen-bond acceptors (Lipinski definition) is 5. The van der Waals surface area contributed by atoms with E-state index in [0.29, 0.717) is 21.8 Å². The van der Waals surface area contributed by atoms with Gasteiger partial charge in [0.1, 0.15) is 5.75 Å². The minimum Gasteiger partial charge on any atom is -0.454 e. The number of hydrogen-bond donors (Lipinski definition) is 0.